The van der Waals surface area contributed by atoms with Crippen LogP contribution in [0.15, 0.2) is 48.2 Å². The summed E-state index contributed by atoms with van der Waals surface area (Å²) in [6, 6.07) is 10.5. The number of halogens is 2. The number of hydrazine groups is 1. The molecule has 8 heteroatoms. The van der Waals surface area contributed by atoms with Gasteiger partial charge in [0.2, 0.25) is 5.91 Å². The van der Waals surface area contributed by atoms with Crippen LogP contribution in [0.3, 0.4) is 0 Å². The molecule has 33 heavy (non-hydrogen) atoms. The molecule has 0 aliphatic carbocycles. The maximum Gasteiger partial charge on any atom is 0.219 e. The molecule has 0 radical (unpaired) electrons. The van der Waals surface area contributed by atoms with Gasteiger partial charge in [0, 0.05) is 42.8 Å². The van der Waals surface area contributed by atoms with E-state index >= 15 is 0 Å². The Bertz CT molecular complexity index is 1140. The lowest BCUT2D eigenvalue weighted by molar-refractivity contribution is -0.128. The number of carbonyl (C=O) groups is 1. The first-order valence-corrected chi connectivity index (χ1v) is 11.4. The monoisotopic (exact) mass is 469 g/mol. The summed E-state index contributed by atoms with van der Waals surface area (Å²) in [6.45, 7) is 5.26. The summed E-state index contributed by atoms with van der Waals surface area (Å²) >= 11 is 6.12. The summed E-state index contributed by atoms with van der Waals surface area (Å²) in [5, 5.41) is 5.46. The first-order valence-electron chi connectivity index (χ1n) is 11.0. The van der Waals surface area contributed by atoms with Crippen molar-refractivity contribution in [2.45, 2.75) is 32.7 Å². The van der Waals surface area contributed by atoms with Gasteiger partial charge >= 0.3 is 0 Å². The smallest absolute Gasteiger partial charge is 0.219 e. The molecule has 0 fully saturated rings. The molecule has 1 atom stereocenters. The van der Waals surface area contributed by atoms with Crippen molar-refractivity contribution in [2.75, 3.05) is 25.0 Å². The molecule has 2 aromatic carbocycles. The number of carbonyl (C=O) groups excluding carboxylic acids is 1. The third-order valence-corrected chi connectivity index (χ3v) is 6.52. The number of amides is 1. The molecule has 0 bridgehead atoms. The highest BCUT2D eigenvalue weighted by molar-refractivity contribution is 6.30. The molecule has 0 saturated carbocycles. The predicted molar refractivity (Wildman–Crippen MR) is 131 cm³/mol. The van der Waals surface area contributed by atoms with E-state index in [1.54, 1.807) is 18.0 Å². The average molecular weight is 470 g/mol. The van der Waals surface area contributed by atoms with Gasteiger partial charge in [-0.15, -0.1) is 0 Å². The Labute approximate surface area is 198 Å². The number of hydrogen-bond donors (Lipinski definition) is 3. The highest BCUT2D eigenvalue weighted by Gasteiger charge is 2.27. The Morgan fingerprint density at radius 2 is 1.97 bits per heavy atom. The maximum atomic E-state index is 14.5. The molecule has 4 rings (SSSR count). The molecule has 0 spiro atoms. The van der Waals surface area contributed by atoms with Gasteiger partial charge < -0.3 is 21.0 Å². The Hall–Kier alpha value is -3.03. The summed E-state index contributed by atoms with van der Waals surface area (Å²) < 4.78 is 14.5. The SMILES string of the molecule is CC(=O)N1CC=C(c2ccc3c(c2)C(Nc2cc(Cl)ccc2F)CCN(N)/C3=C(/C)N)CC1. The molecular formula is C25H29ClFN5O. The van der Waals surface area contributed by atoms with Crippen LogP contribution in [-0.2, 0) is 4.79 Å². The standard InChI is InChI=1S/C25H29ClFN5O/c1-15(28)25-20-5-3-18(17-7-10-31(11-8-17)16(2)33)13-21(20)23(9-12-32(25)29)30-24-14-19(26)4-6-22(24)27/h3-7,13-14,23,30H,8-12,28-29H2,1-2H3/b25-15-. The van der Waals surface area contributed by atoms with Gasteiger partial charge in [0.1, 0.15) is 5.82 Å². The molecule has 6 nitrogen and oxygen atoms in total. The summed E-state index contributed by atoms with van der Waals surface area (Å²) in [6.07, 6.45) is 3.52. The molecule has 5 N–H and O–H groups in total. The van der Waals surface area contributed by atoms with Crippen molar-refractivity contribution >= 4 is 34.5 Å². The number of rotatable bonds is 3. The van der Waals surface area contributed by atoms with Gasteiger partial charge in [-0.3, -0.25) is 4.79 Å². The fourth-order valence-electron chi connectivity index (χ4n) is 4.56. The van der Waals surface area contributed by atoms with E-state index in [1.807, 2.05) is 17.9 Å². The zero-order valence-corrected chi connectivity index (χ0v) is 19.6. The molecule has 174 valence electrons. The minimum Gasteiger partial charge on any atom is -0.401 e. The Kier molecular flexibility index (Phi) is 6.63. The van der Waals surface area contributed by atoms with Gasteiger partial charge in [-0.1, -0.05) is 29.8 Å². The van der Waals surface area contributed by atoms with Gasteiger partial charge in [-0.25, -0.2) is 10.2 Å². The van der Waals surface area contributed by atoms with E-state index in [0.717, 1.165) is 28.8 Å². The maximum absolute atomic E-state index is 14.5. The number of anilines is 1. The van der Waals surface area contributed by atoms with Crippen LogP contribution in [0.5, 0.6) is 0 Å². The van der Waals surface area contributed by atoms with E-state index in [2.05, 4.69) is 23.5 Å². The zero-order valence-electron chi connectivity index (χ0n) is 18.9. The molecule has 0 saturated heterocycles. The van der Waals surface area contributed by atoms with Crippen molar-refractivity contribution in [1.82, 2.24) is 9.91 Å². The Morgan fingerprint density at radius 1 is 1.18 bits per heavy atom. The zero-order chi connectivity index (χ0) is 23.7. The second-order valence-electron chi connectivity index (χ2n) is 8.58. The van der Waals surface area contributed by atoms with E-state index in [-0.39, 0.29) is 17.8 Å². The van der Waals surface area contributed by atoms with Gasteiger partial charge in [0.05, 0.1) is 17.4 Å². The van der Waals surface area contributed by atoms with Crippen LogP contribution in [0.1, 0.15) is 49.4 Å². The Balaban J connectivity index is 1.77. The molecule has 1 amide bonds. The van der Waals surface area contributed by atoms with Crippen LogP contribution >= 0.6 is 11.6 Å². The van der Waals surface area contributed by atoms with E-state index in [1.165, 1.54) is 17.7 Å². The highest BCUT2D eigenvalue weighted by atomic mass is 35.5. The fourth-order valence-corrected chi connectivity index (χ4v) is 4.73. The van der Waals surface area contributed by atoms with Crippen LogP contribution in [-0.4, -0.2) is 35.5 Å². The lowest BCUT2D eigenvalue weighted by Gasteiger charge is -2.27. The number of benzene rings is 2. The van der Waals surface area contributed by atoms with Crippen molar-refractivity contribution in [3.63, 3.8) is 0 Å². The second-order valence-corrected chi connectivity index (χ2v) is 9.02. The van der Waals surface area contributed by atoms with Gasteiger partial charge in [-0.2, -0.15) is 0 Å². The predicted octanol–water partition coefficient (Wildman–Crippen LogP) is 4.49. The van der Waals surface area contributed by atoms with Crippen LogP contribution in [0, 0.1) is 5.82 Å². The van der Waals surface area contributed by atoms with Crippen molar-refractivity contribution in [3.05, 3.63) is 75.7 Å². The van der Waals surface area contributed by atoms with Crippen molar-refractivity contribution in [3.8, 4) is 0 Å². The third kappa shape index (κ3) is 4.84. The lowest BCUT2D eigenvalue weighted by atomic mass is 9.90. The average Bonchev–Trinajstić information content (AvgIpc) is 2.92. The molecule has 2 aliphatic heterocycles. The summed E-state index contributed by atoms with van der Waals surface area (Å²) in [5.74, 6) is 6.07. The minimum atomic E-state index is -0.365. The summed E-state index contributed by atoms with van der Waals surface area (Å²) in [5.41, 5.74) is 12.1. The van der Waals surface area contributed by atoms with Crippen LogP contribution in [0.4, 0.5) is 10.1 Å². The molecule has 1 unspecified atom stereocenters. The van der Waals surface area contributed by atoms with Gasteiger partial charge in [0.25, 0.3) is 0 Å². The van der Waals surface area contributed by atoms with Crippen LogP contribution in [0.2, 0.25) is 5.02 Å². The number of nitrogens with two attached hydrogens (primary N) is 2. The van der Waals surface area contributed by atoms with Crippen molar-refractivity contribution in [1.29, 1.82) is 0 Å². The van der Waals surface area contributed by atoms with Gasteiger partial charge in [0.15, 0.2) is 0 Å². The number of nitrogens with zero attached hydrogens (tertiary/aromatic N) is 2. The molecule has 2 heterocycles. The number of nitrogens with one attached hydrogen (secondary N) is 1. The first kappa shape index (κ1) is 23.1. The quantitative estimate of drug-likeness (QED) is 0.576. The topological polar surface area (TPSA) is 87.6 Å². The molecular weight excluding hydrogens is 441 g/mol. The highest BCUT2D eigenvalue weighted by Crippen LogP contribution is 2.38. The van der Waals surface area contributed by atoms with E-state index < -0.39 is 0 Å². The molecule has 2 aromatic rings. The van der Waals surface area contributed by atoms with E-state index in [9.17, 15) is 9.18 Å². The normalized spacial score (nSPS) is 20.0. The third-order valence-electron chi connectivity index (χ3n) is 6.28. The van der Waals surface area contributed by atoms with Crippen LogP contribution < -0.4 is 16.9 Å². The summed E-state index contributed by atoms with van der Waals surface area (Å²) in [4.78, 5) is 13.5. The van der Waals surface area contributed by atoms with Crippen molar-refractivity contribution in [2.24, 2.45) is 11.6 Å². The number of allylic oxidation sites excluding steroid dienone is 1. The van der Waals surface area contributed by atoms with Crippen LogP contribution in [0.25, 0.3) is 11.3 Å². The molecule has 0 aromatic heterocycles. The van der Waals surface area contributed by atoms with E-state index in [0.29, 0.717) is 42.5 Å². The van der Waals surface area contributed by atoms with E-state index in [4.69, 9.17) is 23.2 Å². The van der Waals surface area contributed by atoms with Crippen molar-refractivity contribution < 1.29 is 9.18 Å². The number of hydrogen-bond acceptors (Lipinski definition) is 5. The van der Waals surface area contributed by atoms with Gasteiger partial charge in [-0.05, 0) is 60.7 Å². The largest absolute Gasteiger partial charge is 0.401 e. The number of fused-ring (bicyclic) bond motifs is 1. The minimum absolute atomic E-state index is 0.0799. The molecule has 2 aliphatic rings. The second kappa shape index (κ2) is 9.45. The lowest BCUT2D eigenvalue weighted by Crippen LogP contribution is -2.32. The first-order chi connectivity index (χ1) is 15.7. The fraction of sp³-hybridized carbons (Fsp3) is 0.320. The summed E-state index contributed by atoms with van der Waals surface area (Å²) in [7, 11) is 0. The Morgan fingerprint density at radius 3 is 2.64 bits per heavy atom.